The number of hydrogen-bond acceptors (Lipinski definition) is 4. The fraction of sp³-hybridized carbons (Fsp3) is 0.739. The average molecular weight is 505 g/mol. The highest BCUT2D eigenvalue weighted by molar-refractivity contribution is 7.89. The number of fused-ring (bicyclic) bond motifs is 1. The van der Waals surface area contributed by atoms with E-state index in [4.69, 9.17) is 4.98 Å². The van der Waals surface area contributed by atoms with E-state index in [9.17, 15) is 26.4 Å². The first-order valence-electron chi connectivity index (χ1n) is 11.5. The fourth-order valence-corrected chi connectivity index (χ4v) is 6.05. The quantitative estimate of drug-likeness (QED) is 0.635. The molecule has 0 radical (unpaired) electrons. The number of nitrogens with one attached hydrogen (secondary N) is 1. The van der Waals surface area contributed by atoms with Crippen LogP contribution in [0.1, 0.15) is 71.9 Å². The first kappa shape index (κ1) is 26.7. The summed E-state index contributed by atoms with van der Waals surface area (Å²) >= 11 is 0. The number of halogens is 3. The van der Waals surface area contributed by atoms with E-state index in [0.717, 1.165) is 17.6 Å². The molecule has 1 aliphatic carbocycles. The molecule has 2 atom stereocenters. The molecule has 1 N–H and O–H groups in total. The van der Waals surface area contributed by atoms with Gasteiger partial charge in [0.05, 0.1) is 17.7 Å². The Morgan fingerprint density at radius 2 is 1.85 bits per heavy atom. The Labute approximate surface area is 198 Å². The summed E-state index contributed by atoms with van der Waals surface area (Å²) < 4.78 is 68.2. The number of nitrogens with zero attached hydrogens (tertiary/aromatic N) is 3. The Morgan fingerprint density at radius 3 is 2.44 bits per heavy atom. The van der Waals surface area contributed by atoms with E-state index in [2.05, 4.69) is 25.5 Å². The molecule has 34 heavy (non-hydrogen) atoms. The van der Waals surface area contributed by atoms with Crippen LogP contribution in [0.3, 0.4) is 0 Å². The number of sulfonamides is 1. The smallest absolute Gasteiger partial charge is 0.290 e. The molecule has 0 spiro atoms. The molecule has 1 saturated carbocycles. The van der Waals surface area contributed by atoms with Gasteiger partial charge in [-0.05, 0) is 42.2 Å². The fourth-order valence-electron chi connectivity index (χ4n) is 4.59. The highest BCUT2D eigenvalue weighted by Gasteiger charge is 2.40. The van der Waals surface area contributed by atoms with E-state index < -0.39 is 39.8 Å². The molecule has 0 bridgehead atoms. The van der Waals surface area contributed by atoms with Gasteiger partial charge in [-0.25, -0.2) is 22.9 Å². The summed E-state index contributed by atoms with van der Waals surface area (Å²) in [6.45, 7) is 10.6. The predicted octanol–water partition coefficient (Wildman–Crippen LogP) is 4.32. The number of aryl methyl sites for hydroxylation is 1. The van der Waals surface area contributed by atoms with Gasteiger partial charge in [0.25, 0.3) is 0 Å². The second-order valence-corrected chi connectivity index (χ2v) is 13.3. The van der Waals surface area contributed by atoms with Crippen molar-refractivity contribution >= 4 is 21.2 Å². The Kier molecular flexibility index (Phi) is 7.04. The molecule has 3 rings (SSSR count). The van der Waals surface area contributed by atoms with Crippen LogP contribution in [0.15, 0.2) is 16.9 Å². The Balaban J connectivity index is 1.87. The number of aromatic nitrogens is 3. The van der Waals surface area contributed by atoms with Gasteiger partial charge < -0.3 is 0 Å². The molecule has 11 heteroatoms. The van der Waals surface area contributed by atoms with Crippen molar-refractivity contribution in [1.29, 1.82) is 0 Å². The molecule has 2 aromatic heterocycles. The van der Waals surface area contributed by atoms with Crippen molar-refractivity contribution in [3.63, 3.8) is 0 Å². The predicted molar refractivity (Wildman–Crippen MR) is 126 cm³/mol. The summed E-state index contributed by atoms with van der Waals surface area (Å²) in [4.78, 5) is 17.6. The normalized spacial score (nSPS) is 21.8. The minimum absolute atomic E-state index is 0.0752. The zero-order valence-electron chi connectivity index (χ0n) is 20.7. The lowest BCUT2D eigenvalue weighted by atomic mass is 9.69. The van der Waals surface area contributed by atoms with E-state index in [1.807, 2.05) is 26.0 Å². The number of rotatable bonds is 6. The molecule has 1 fully saturated rings. The van der Waals surface area contributed by atoms with Crippen molar-refractivity contribution in [2.45, 2.75) is 85.0 Å². The van der Waals surface area contributed by atoms with Crippen molar-refractivity contribution in [2.24, 2.45) is 17.9 Å². The molecule has 1 aliphatic rings. The molecule has 2 unspecified atom stereocenters. The Morgan fingerprint density at radius 1 is 1.21 bits per heavy atom. The summed E-state index contributed by atoms with van der Waals surface area (Å²) in [6.07, 6.45) is -4.03. The molecule has 2 heterocycles. The first-order valence-corrected chi connectivity index (χ1v) is 13.2. The van der Waals surface area contributed by atoms with Crippen LogP contribution in [-0.2, 0) is 23.6 Å². The molecule has 7 nitrogen and oxygen atoms in total. The van der Waals surface area contributed by atoms with Crippen LogP contribution in [0.2, 0.25) is 0 Å². The SMILES string of the molecule is Cn1c(=O)n(CC(C)(C)C)c2ccc(C3CCC(C)(C)C(NS(=O)(=O)CCC(F)(F)F)C3)nc21. The standard InChI is InChI=1S/C23H35F3N4O3S/c1-21(2,3)14-30-17-8-7-16(27-19(17)29(6)20(30)31)15-9-10-22(4,5)18(13-15)28-34(32,33)12-11-23(24,25)26/h7-8,15,18,28H,9-14H2,1-6H3. The summed E-state index contributed by atoms with van der Waals surface area (Å²) in [5.41, 5.74) is 1.42. The molecular formula is C23H35F3N4O3S. The Bertz CT molecular complexity index is 1210. The zero-order valence-corrected chi connectivity index (χ0v) is 21.5. The lowest BCUT2D eigenvalue weighted by molar-refractivity contribution is -0.130. The second kappa shape index (κ2) is 8.96. The first-order chi connectivity index (χ1) is 15.4. The lowest BCUT2D eigenvalue weighted by Crippen LogP contribution is -2.49. The van der Waals surface area contributed by atoms with Crippen LogP contribution in [0.25, 0.3) is 11.2 Å². The molecule has 0 aliphatic heterocycles. The number of imidazole rings is 1. The van der Waals surface area contributed by atoms with Gasteiger partial charge in [-0.2, -0.15) is 13.2 Å². The van der Waals surface area contributed by atoms with Gasteiger partial charge in [-0.1, -0.05) is 34.6 Å². The van der Waals surface area contributed by atoms with Gasteiger partial charge >= 0.3 is 11.9 Å². The van der Waals surface area contributed by atoms with E-state index in [1.54, 1.807) is 11.6 Å². The van der Waals surface area contributed by atoms with Gasteiger partial charge in [0.2, 0.25) is 10.0 Å². The highest BCUT2D eigenvalue weighted by atomic mass is 32.2. The third-order valence-corrected chi connectivity index (χ3v) is 8.02. The Hall–Kier alpha value is -1.88. The third kappa shape index (κ3) is 6.21. The van der Waals surface area contributed by atoms with E-state index in [-0.39, 0.29) is 17.0 Å². The van der Waals surface area contributed by atoms with Crippen molar-refractivity contribution in [3.05, 3.63) is 28.3 Å². The monoisotopic (exact) mass is 504 g/mol. The zero-order chi connectivity index (χ0) is 25.7. The summed E-state index contributed by atoms with van der Waals surface area (Å²) in [7, 11) is -2.41. The molecule has 2 aromatic rings. The van der Waals surface area contributed by atoms with Crippen LogP contribution in [0.5, 0.6) is 0 Å². The van der Waals surface area contributed by atoms with Crippen LogP contribution in [0, 0.1) is 10.8 Å². The maximum absolute atomic E-state index is 12.8. The summed E-state index contributed by atoms with van der Waals surface area (Å²) in [5.74, 6) is -1.06. The van der Waals surface area contributed by atoms with Gasteiger partial charge in [-0.3, -0.25) is 9.13 Å². The van der Waals surface area contributed by atoms with Crippen molar-refractivity contribution in [1.82, 2.24) is 18.8 Å². The largest absolute Gasteiger partial charge is 0.390 e. The molecule has 0 aromatic carbocycles. The second-order valence-electron chi connectivity index (χ2n) is 11.4. The lowest BCUT2D eigenvalue weighted by Gasteiger charge is -2.42. The van der Waals surface area contributed by atoms with Crippen LogP contribution in [0.4, 0.5) is 13.2 Å². The number of pyridine rings is 1. The van der Waals surface area contributed by atoms with Crippen LogP contribution < -0.4 is 10.4 Å². The van der Waals surface area contributed by atoms with Crippen LogP contribution >= 0.6 is 0 Å². The van der Waals surface area contributed by atoms with E-state index >= 15 is 0 Å². The molecule has 192 valence electrons. The maximum atomic E-state index is 12.8. The topological polar surface area (TPSA) is 86.0 Å². The minimum atomic E-state index is -4.53. The van der Waals surface area contributed by atoms with E-state index in [1.165, 1.54) is 4.57 Å². The van der Waals surface area contributed by atoms with Crippen molar-refractivity contribution in [3.8, 4) is 0 Å². The van der Waals surface area contributed by atoms with Crippen molar-refractivity contribution in [2.75, 3.05) is 5.75 Å². The van der Waals surface area contributed by atoms with Gasteiger partial charge in [0.15, 0.2) is 5.65 Å². The molecular weight excluding hydrogens is 469 g/mol. The molecule has 0 amide bonds. The van der Waals surface area contributed by atoms with Crippen LogP contribution in [-0.4, -0.2) is 40.5 Å². The highest BCUT2D eigenvalue weighted by Crippen LogP contribution is 2.43. The maximum Gasteiger partial charge on any atom is 0.390 e. The molecule has 0 saturated heterocycles. The average Bonchev–Trinajstić information content (AvgIpc) is 2.91. The third-order valence-electron chi connectivity index (χ3n) is 6.63. The number of alkyl halides is 3. The number of hydrogen-bond donors (Lipinski definition) is 1. The van der Waals surface area contributed by atoms with Gasteiger partial charge in [0.1, 0.15) is 0 Å². The van der Waals surface area contributed by atoms with Gasteiger partial charge in [0, 0.05) is 31.2 Å². The summed E-state index contributed by atoms with van der Waals surface area (Å²) in [6, 6.07) is 3.24. The van der Waals surface area contributed by atoms with E-state index in [0.29, 0.717) is 25.0 Å². The van der Waals surface area contributed by atoms with Crippen molar-refractivity contribution < 1.29 is 21.6 Å². The van der Waals surface area contributed by atoms with Gasteiger partial charge in [-0.15, -0.1) is 0 Å². The minimum Gasteiger partial charge on any atom is -0.290 e. The summed E-state index contributed by atoms with van der Waals surface area (Å²) in [5, 5.41) is 0.